The van der Waals surface area contributed by atoms with Crippen LogP contribution in [0, 0.1) is 23.0 Å². The van der Waals surface area contributed by atoms with Crippen molar-refractivity contribution in [2.75, 3.05) is 11.5 Å². The highest BCUT2D eigenvalue weighted by Crippen LogP contribution is 2.59. The van der Waals surface area contributed by atoms with Crippen molar-refractivity contribution in [3.05, 3.63) is 29.3 Å². The maximum atomic E-state index is 15.8. The van der Waals surface area contributed by atoms with E-state index in [1.165, 1.54) is 19.2 Å². The Labute approximate surface area is 176 Å². The molecule has 29 heavy (non-hydrogen) atoms. The Morgan fingerprint density at radius 1 is 1.17 bits per heavy atom. The van der Waals surface area contributed by atoms with Crippen LogP contribution in [0.5, 0.6) is 0 Å². The molecule has 1 aromatic heterocycles. The van der Waals surface area contributed by atoms with Gasteiger partial charge in [0.05, 0.1) is 11.5 Å². The molecule has 1 fully saturated rings. The van der Waals surface area contributed by atoms with Gasteiger partial charge in [0.25, 0.3) is 0 Å². The summed E-state index contributed by atoms with van der Waals surface area (Å²) in [5, 5.41) is 4.65. The number of hydrogen-bond acceptors (Lipinski definition) is 3. The third kappa shape index (κ3) is 4.64. The Kier molecular flexibility index (Phi) is 7.12. The Morgan fingerprint density at radius 3 is 2.21 bits per heavy atom. The van der Waals surface area contributed by atoms with Crippen LogP contribution < -0.4 is 0 Å². The molecule has 0 spiro atoms. The number of aromatic nitrogens is 1. The molecule has 2 atom stereocenters. The van der Waals surface area contributed by atoms with Gasteiger partial charge in [-0.3, -0.25) is 0 Å². The van der Waals surface area contributed by atoms with E-state index in [-0.39, 0.29) is 23.5 Å². The molecule has 0 amide bonds. The van der Waals surface area contributed by atoms with Gasteiger partial charge in [-0.25, -0.2) is 17.8 Å². The monoisotopic (exact) mass is 445 g/mol. The number of sulfone groups is 1. The molecule has 0 N–H and O–H groups in total. The molecule has 0 radical (unpaired) electrons. The number of alkyl halides is 1. The minimum Gasteiger partial charge on any atom is -0.238 e. The number of hydrogen-bond donors (Lipinski definition) is 0. The van der Waals surface area contributed by atoms with Crippen LogP contribution in [0.1, 0.15) is 66.0 Å². The lowest BCUT2D eigenvalue weighted by Gasteiger charge is -2.46. The SMILES string of the molecule is CC(C)S(C#Cc1cnc(F)c([C@@]2(F)CCS(=O)(=O)C[C@@H]2C)c1)(C(C)C)C(C)C. The van der Waals surface area contributed by atoms with E-state index in [0.29, 0.717) is 21.3 Å². The predicted octanol–water partition coefficient (Wildman–Crippen LogP) is 5.18. The van der Waals surface area contributed by atoms with Crippen LogP contribution in [0.4, 0.5) is 8.78 Å². The molecular formula is C22H33F2NO2S2. The molecule has 1 saturated heterocycles. The summed E-state index contributed by atoms with van der Waals surface area (Å²) in [4.78, 5) is 3.76. The zero-order chi connectivity index (χ0) is 22.2. The summed E-state index contributed by atoms with van der Waals surface area (Å²) < 4.78 is 53.9. The van der Waals surface area contributed by atoms with Gasteiger partial charge < -0.3 is 0 Å². The summed E-state index contributed by atoms with van der Waals surface area (Å²) in [7, 11) is -4.59. The fourth-order valence-electron chi connectivity index (χ4n) is 4.49. The predicted molar refractivity (Wildman–Crippen MR) is 119 cm³/mol. The first-order valence-electron chi connectivity index (χ1n) is 10.1. The lowest BCUT2D eigenvalue weighted by molar-refractivity contribution is 0.0842. The Hall–Kier alpha value is -1.13. The summed E-state index contributed by atoms with van der Waals surface area (Å²) in [5.41, 5.74) is -1.76. The molecule has 0 aromatic carbocycles. The first kappa shape index (κ1) is 24.1. The molecule has 0 unspecified atom stereocenters. The smallest absolute Gasteiger partial charge is 0.219 e. The van der Waals surface area contributed by atoms with Crippen molar-refractivity contribution < 1.29 is 17.2 Å². The molecule has 0 bridgehead atoms. The van der Waals surface area contributed by atoms with E-state index in [9.17, 15) is 12.8 Å². The average Bonchev–Trinajstić information content (AvgIpc) is 2.59. The van der Waals surface area contributed by atoms with E-state index >= 15 is 4.39 Å². The normalized spacial score (nSPS) is 25.2. The third-order valence-corrected chi connectivity index (χ3v) is 13.0. The van der Waals surface area contributed by atoms with Gasteiger partial charge >= 0.3 is 0 Å². The van der Waals surface area contributed by atoms with Crippen molar-refractivity contribution in [3.63, 3.8) is 0 Å². The zero-order valence-electron chi connectivity index (χ0n) is 18.4. The van der Waals surface area contributed by atoms with Gasteiger partial charge in [0.15, 0.2) is 9.84 Å². The highest BCUT2D eigenvalue weighted by molar-refractivity contribution is 8.38. The van der Waals surface area contributed by atoms with Gasteiger partial charge in [-0.2, -0.15) is 14.4 Å². The molecular weight excluding hydrogens is 412 g/mol. The summed E-state index contributed by atoms with van der Waals surface area (Å²) in [5.74, 6) is 0.849. The highest BCUT2D eigenvalue weighted by Gasteiger charge is 2.47. The standard InChI is InChI=1S/C22H33F2NO2S2/c1-15(2)29(16(3)4,17(5)6)10-8-19-12-20(21(23)25-13-19)22(24)9-11-28(26,27)14-18(22)7/h12-13,15-18H,9,11,14H2,1-7H3/t18-,22+/m0/s1. The van der Waals surface area contributed by atoms with Gasteiger partial charge in [0.1, 0.15) is 5.67 Å². The summed E-state index contributed by atoms with van der Waals surface area (Å²) in [6, 6.07) is 1.43. The molecule has 2 rings (SSSR count). The fourth-order valence-corrected chi connectivity index (χ4v) is 10.6. The van der Waals surface area contributed by atoms with Crippen molar-refractivity contribution in [2.24, 2.45) is 5.92 Å². The molecule has 1 aliphatic rings. The van der Waals surface area contributed by atoms with Crippen molar-refractivity contribution >= 4 is 19.9 Å². The van der Waals surface area contributed by atoms with Gasteiger partial charge in [-0.1, -0.05) is 54.4 Å². The highest BCUT2D eigenvalue weighted by atomic mass is 32.3. The number of nitrogens with zero attached hydrogens (tertiary/aromatic N) is 1. The second-order valence-electron chi connectivity index (χ2n) is 8.83. The number of pyridine rings is 1. The Balaban J connectivity index is 2.52. The maximum absolute atomic E-state index is 15.8. The zero-order valence-corrected chi connectivity index (χ0v) is 20.1. The maximum Gasteiger partial charge on any atom is 0.219 e. The minimum absolute atomic E-state index is 0.175. The summed E-state index contributed by atoms with van der Waals surface area (Å²) in [6.07, 6.45) is 1.08. The van der Waals surface area contributed by atoms with Crippen molar-refractivity contribution in [3.8, 4) is 11.2 Å². The van der Waals surface area contributed by atoms with Gasteiger partial charge in [-0.05, 0) is 33.5 Å². The van der Waals surface area contributed by atoms with Crippen molar-refractivity contribution in [1.29, 1.82) is 0 Å². The summed E-state index contributed by atoms with van der Waals surface area (Å²) >= 11 is 0. The second kappa shape index (κ2) is 8.55. The van der Waals surface area contributed by atoms with Gasteiger partial charge in [0.2, 0.25) is 5.95 Å². The molecule has 3 nitrogen and oxygen atoms in total. The Bertz CT molecular complexity index is 895. The molecule has 0 saturated carbocycles. The summed E-state index contributed by atoms with van der Waals surface area (Å²) in [6.45, 7) is 14.6. The third-order valence-electron chi connectivity index (χ3n) is 6.06. The largest absolute Gasteiger partial charge is 0.238 e. The second-order valence-corrected chi connectivity index (χ2v) is 15.6. The van der Waals surface area contributed by atoms with Crippen LogP contribution in [0.2, 0.25) is 0 Å². The molecule has 1 aromatic rings. The Morgan fingerprint density at radius 2 is 1.72 bits per heavy atom. The van der Waals surface area contributed by atoms with E-state index < -0.39 is 37.4 Å². The molecule has 0 aliphatic carbocycles. The lowest BCUT2D eigenvalue weighted by atomic mass is 9.82. The van der Waals surface area contributed by atoms with Crippen LogP contribution >= 0.6 is 10.0 Å². The van der Waals surface area contributed by atoms with Crippen molar-refractivity contribution in [1.82, 2.24) is 4.98 Å². The fraction of sp³-hybridized carbons (Fsp3) is 0.682. The van der Waals surface area contributed by atoms with Crippen LogP contribution in [0.15, 0.2) is 12.3 Å². The lowest BCUT2D eigenvalue weighted by Crippen LogP contribution is -2.41. The quantitative estimate of drug-likeness (QED) is 0.474. The van der Waals surface area contributed by atoms with Gasteiger partial charge in [0, 0.05) is 23.2 Å². The topological polar surface area (TPSA) is 47.0 Å². The van der Waals surface area contributed by atoms with Crippen LogP contribution in [-0.2, 0) is 15.5 Å². The number of halogens is 2. The molecule has 7 heteroatoms. The first-order chi connectivity index (χ1) is 13.3. The van der Waals surface area contributed by atoms with Crippen LogP contribution in [0.25, 0.3) is 0 Å². The minimum atomic E-state index is -3.30. The molecule has 1 aliphatic heterocycles. The van der Waals surface area contributed by atoms with Crippen LogP contribution in [-0.4, -0.2) is 40.7 Å². The van der Waals surface area contributed by atoms with E-state index in [1.807, 2.05) is 0 Å². The van der Waals surface area contributed by atoms with E-state index in [0.717, 1.165) is 0 Å². The number of rotatable bonds is 4. The molecule has 164 valence electrons. The van der Waals surface area contributed by atoms with E-state index in [4.69, 9.17) is 0 Å². The van der Waals surface area contributed by atoms with Gasteiger partial charge in [-0.15, -0.1) is 0 Å². The van der Waals surface area contributed by atoms with Crippen LogP contribution in [0.3, 0.4) is 0 Å². The van der Waals surface area contributed by atoms with E-state index in [2.05, 4.69) is 57.7 Å². The average molecular weight is 446 g/mol. The molecule has 2 heterocycles. The van der Waals surface area contributed by atoms with Crippen molar-refractivity contribution in [2.45, 2.75) is 76.3 Å². The van der Waals surface area contributed by atoms with E-state index in [1.54, 1.807) is 0 Å². The first-order valence-corrected chi connectivity index (χ1v) is 13.8.